The highest BCUT2D eigenvalue weighted by Gasteiger charge is 2.13. The Bertz CT molecular complexity index is 339. The van der Waals surface area contributed by atoms with Crippen molar-refractivity contribution in [3.63, 3.8) is 0 Å². The maximum absolute atomic E-state index is 13.2. The van der Waals surface area contributed by atoms with Gasteiger partial charge in [0, 0.05) is 0 Å². The molecule has 3 heteroatoms. The van der Waals surface area contributed by atoms with E-state index in [1.54, 1.807) is 12.1 Å². The molecule has 0 aliphatic rings. The number of rotatable bonds is 5. The quantitative estimate of drug-likeness (QED) is 0.832. The molecular weight excluding hydrogens is 205 g/mol. The molecule has 1 atom stereocenters. The lowest BCUT2D eigenvalue weighted by Crippen LogP contribution is -2.24. The van der Waals surface area contributed by atoms with Crippen molar-refractivity contribution in [1.29, 1.82) is 0 Å². The van der Waals surface area contributed by atoms with E-state index in [4.69, 9.17) is 4.74 Å². The molecule has 0 aromatic heterocycles. The summed E-state index contributed by atoms with van der Waals surface area (Å²) in [5.41, 5.74) is 2.04. The molecule has 0 aliphatic heterocycles. The Morgan fingerprint density at radius 3 is 2.62 bits per heavy atom. The van der Waals surface area contributed by atoms with Crippen molar-refractivity contribution in [3.8, 4) is 0 Å². The van der Waals surface area contributed by atoms with Crippen molar-refractivity contribution in [3.05, 3.63) is 35.1 Å². The highest BCUT2D eigenvalue weighted by atomic mass is 19.1. The molecule has 0 spiro atoms. The van der Waals surface area contributed by atoms with Gasteiger partial charge in [-0.25, -0.2) is 4.39 Å². The van der Waals surface area contributed by atoms with Crippen molar-refractivity contribution >= 4 is 0 Å². The molecule has 0 amide bonds. The Labute approximate surface area is 96.8 Å². The van der Waals surface area contributed by atoms with Crippen LogP contribution in [0.3, 0.4) is 0 Å². The number of halogens is 1. The molecule has 16 heavy (non-hydrogen) atoms. The fraction of sp³-hybridized carbons (Fsp3) is 0.538. The molecule has 1 aromatic carbocycles. The number of benzene rings is 1. The molecule has 0 aliphatic carbocycles. The SMILES string of the molecule is CNC(COC(C)C)c1cc(F)ccc1C. The fourth-order valence-corrected chi connectivity index (χ4v) is 1.60. The average molecular weight is 225 g/mol. The van der Waals surface area contributed by atoms with Gasteiger partial charge in [0.05, 0.1) is 18.8 Å². The van der Waals surface area contributed by atoms with Crippen LogP contribution in [0.2, 0.25) is 0 Å². The first kappa shape index (κ1) is 13.1. The van der Waals surface area contributed by atoms with Gasteiger partial charge in [0.25, 0.3) is 0 Å². The first-order chi connectivity index (χ1) is 7.54. The highest BCUT2D eigenvalue weighted by molar-refractivity contribution is 5.29. The zero-order valence-corrected chi connectivity index (χ0v) is 10.4. The molecule has 1 unspecified atom stereocenters. The molecule has 0 bridgehead atoms. The molecule has 0 heterocycles. The summed E-state index contributed by atoms with van der Waals surface area (Å²) in [6.07, 6.45) is 0.185. The third-order valence-corrected chi connectivity index (χ3v) is 2.56. The van der Waals surface area contributed by atoms with Crippen molar-refractivity contribution in [2.45, 2.75) is 32.9 Å². The first-order valence-corrected chi connectivity index (χ1v) is 5.59. The van der Waals surface area contributed by atoms with Gasteiger partial charge in [-0.15, -0.1) is 0 Å². The van der Waals surface area contributed by atoms with E-state index < -0.39 is 0 Å². The smallest absolute Gasteiger partial charge is 0.123 e. The van der Waals surface area contributed by atoms with Gasteiger partial charge in [-0.2, -0.15) is 0 Å². The van der Waals surface area contributed by atoms with Gasteiger partial charge in [0.1, 0.15) is 5.82 Å². The Morgan fingerprint density at radius 2 is 2.06 bits per heavy atom. The summed E-state index contributed by atoms with van der Waals surface area (Å²) >= 11 is 0. The van der Waals surface area contributed by atoms with Gasteiger partial charge >= 0.3 is 0 Å². The number of likely N-dealkylation sites (N-methyl/N-ethyl adjacent to an activating group) is 1. The van der Waals surface area contributed by atoms with Crippen LogP contribution in [0.5, 0.6) is 0 Å². The lowest BCUT2D eigenvalue weighted by atomic mass is 10.0. The van der Waals surface area contributed by atoms with Crippen LogP contribution in [0.4, 0.5) is 4.39 Å². The molecular formula is C13H20FNO. The van der Waals surface area contributed by atoms with Crippen molar-refractivity contribution < 1.29 is 9.13 Å². The monoisotopic (exact) mass is 225 g/mol. The van der Waals surface area contributed by atoms with Crippen LogP contribution >= 0.6 is 0 Å². The molecule has 1 aromatic rings. The molecule has 0 saturated carbocycles. The minimum absolute atomic E-state index is 0.0399. The van der Waals surface area contributed by atoms with Gasteiger partial charge in [-0.1, -0.05) is 6.07 Å². The second kappa shape index (κ2) is 5.97. The van der Waals surface area contributed by atoms with E-state index in [1.165, 1.54) is 6.07 Å². The van der Waals surface area contributed by atoms with Crippen molar-refractivity contribution in [1.82, 2.24) is 5.32 Å². The summed E-state index contributed by atoms with van der Waals surface area (Å²) in [5, 5.41) is 3.15. The molecule has 1 N–H and O–H groups in total. The van der Waals surface area contributed by atoms with Gasteiger partial charge in [-0.05, 0) is 51.1 Å². The van der Waals surface area contributed by atoms with Crippen molar-refractivity contribution in [2.24, 2.45) is 0 Å². The Balaban J connectivity index is 2.81. The molecule has 0 radical (unpaired) electrons. The molecule has 1 rings (SSSR count). The second-order valence-corrected chi connectivity index (χ2v) is 4.22. The fourth-order valence-electron chi connectivity index (χ4n) is 1.60. The molecule has 2 nitrogen and oxygen atoms in total. The molecule has 90 valence electrons. The van der Waals surface area contributed by atoms with E-state index in [1.807, 2.05) is 27.8 Å². The van der Waals surface area contributed by atoms with Crippen LogP contribution in [0.15, 0.2) is 18.2 Å². The predicted molar refractivity (Wildman–Crippen MR) is 64.0 cm³/mol. The number of nitrogens with one attached hydrogen (secondary N) is 1. The van der Waals surface area contributed by atoms with E-state index in [2.05, 4.69) is 5.32 Å². The van der Waals surface area contributed by atoms with Crippen LogP contribution in [0.25, 0.3) is 0 Å². The predicted octanol–water partition coefficient (Wildman–Crippen LogP) is 2.82. The molecule has 0 saturated heterocycles. The maximum Gasteiger partial charge on any atom is 0.123 e. The summed E-state index contributed by atoms with van der Waals surface area (Å²) < 4.78 is 18.7. The zero-order chi connectivity index (χ0) is 12.1. The Morgan fingerprint density at radius 1 is 1.38 bits per heavy atom. The van der Waals surface area contributed by atoms with Crippen LogP contribution in [-0.4, -0.2) is 19.8 Å². The van der Waals surface area contributed by atoms with E-state index in [-0.39, 0.29) is 18.0 Å². The maximum atomic E-state index is 13.2. The highest BCUT2D eigenvalue weighted by Crippen LogP contribution is 2.19. The van der Waals surface area contributed by atoms with Crippen LogP contribution in [0.1, 0.15) is 31.0 Å². The minimum Gasteiger partial charge on any atom is -0.377 e. The number of hydrogen-bond donors (Lipinski definition) is 1. The summed E-state index contributed by atoms with van der Waals surface area (Å²) in [7, 11) is 1.86. The van der Waals surface area contributed by atoms with Crippen LogP contribution < -0.4 is 5.32 Å². The topological polar surface area (TPSA) is 21.3 Å². The Hall–Kier alpha value is -0.930. The summed E-state index contributed by atoms with van der Waals surface area (Å²) in [6, 6.07) is 4.89. The Kier molecular flexibility index (Phi) is 4.90. The minimum atomic E-state index is -0.203. The van der Waals surface area contributed by atoms with Gasteiger partial charge < -0.3 is 10.1 Å². The molecule has 0 fully saturated rings. The van der Waals surface area contributed by atoms with Crippen LogP contribution in [0, 0.1) is 12.7 Å². The van der Waals surface area contributed by atoms with E-state index in [0.29, 0.717) is 6.61 Å². The van der Waals surface area contributed by atoms with Gasteiger partial charge in [-0.3, -0.25) is 0 Å². The lowest BCUT2D eigenvalue weighted by Gasteiger charge is -2.20. The number of aryl methyl sites for hydroxylation is 1. The first-order valence-electron chi connectivity index (χ1n) is 5.59. The van der Waals surface area contributed by atoms with E-state index in [0.717, 1.165) is 11.1 Å². The zero-order valence-electron chi connectivity index (χ0n) is 10.4. The van der Waals surface area contributed by atoms with Gasteiger partial charge in [0.15, 0.2) is 0 Å². The summed E-state index contributed by atoms with van der Waals surface area (Å²) in [6.45, 7) is 6.52. The average Bonchev–Trinajstić information content (AvgIpc) is 2.23. The second-order valence-electron chi connectivity index (χ2n) is 4.22. The van der Waals surface area contributed by atoms with Crippen molar-refractivity contribution in [2.75, 3.05) is 13.7 Å². The van der Waals surface area contributed by atoms with E-state index >= 15 is 0 Å². The summed E-state index contributed by atoms with van der Waals surface area (Å²) in [4.78, 5) is 0. The van der Waals surface area contributed by atoms with E-state index in [9.17, 15) is 4.39 Å². The number of hydrogen-bond acceptors (Lipinski definition) is 2. The van der Waals surface area contributed by atoms with Crippen LogP contribution in [-0.2, 0) is 4.74 Å². The largest absolute Gasteiger partial charge is 0.377 e. The van der Waals surface area contributed by atoms with Gasteiger partial charge in [0.2, 0.25) is 0 Å². The lowest BCUT2D eigenvalue weighted by molar-refractivity contribution is 0.0624. The third kappa shape index (κ3) is 3.58. The summed E-state index contributed by atoms with van der Waals surface area (Å²) in [5.74, 6) is -0.203. The number of ether oxygens (including phenoxy) is 1. The standard InChI is InChI=1S/C13H20FNO/c1-9(2)16-8-13(15-4)12-7-11(14)6-5-10(12)3/h5-7,9,13,15H,8H2,1-4H3. The normalized spacial score (nSPS) is 13.1. The third-order valence-electron chi connectivity index (χ3n) is 2.56.